The van der Waals surface area contributed by atoms with Crippen molar-refractivity contribution in [3.8, 4) is 0 Å². The summed E-state index contributed by atoms with van der Waals surface area (Å²) in [4.78, 5) is 14.3. The van der Waals surface area contributed by atoms with E-state index in [0.29, 0.717) is 0 Å². The molecule has 1 aromatic rings. The zero-order valence-electron chi connectivity index (χ0n) is 11.7. The topological polar surface area (TPSA) is 58.4 Å². The lowest BCUT2D eigenvalue weighted by Crippen LogP contribution is -2.34. The zero-order chi connectivity index (χ0) is 13.8. The minimum atomic E-state index is -0.0301. The average Bonchev–Trinajstić information content (AvgIpc) is 2.75. The number of nitrogens with two attached hydrogens (primary N) is 1. The van der Waals surface area contributed by atoms with Gasteiger partial charge in [0.05, 0.1) is 5.92 Å². The highest BCUT2D eigenvalue weighted by Gasteiger charge is 2.30. The van der Waals surface area contributed by atoms with Gasteiger partial charge in [0.25, 0.3) is 0 Å². The zero-order valence-corrected chi connectivity index (χ0v) is 11.7. The molecule has 3 N–H and O–H groups in total. The number of carbonyl (C=O) groups is 1. The van der Waals surface area contributed by atoms with E-state index in [1.54, 1.807) is 0 Å². The van der Waals surface area contributed by atoms with Gasteiger partial charge in [0.1, 0.15) is 0 Å². The Morgan fingerprint density at radius 2 is 2.21 bits per heavy atom. The summed E-state index contributed by atoms with van der Waals surface area (Å²) in [5, 5.41) is 2.99. The molecule has 1 aromatic carbocycles. The average molecular weight is 261 g/mol. The molecule has 0 aromatic heterocycles. The highest BCUT2D eigenvalue weighted by Crippen LogP contribution is 2.25. The van der Waals surface area contributed by atoms with Gasteiger partial charge in [-0.25, -0.2) is 0 Å². The first-order valence-electron chi connectivity index (χ1n) is 6.86. The second-order valence-corrected chi connectivity index (χ2v) is 5.63. The normalized spacial score (nSPS) is 22.7. The fraction of sp³-hybridized carbons (Fsp3) is 0.533. The summed E-state index contributed by atoms with van der Waals surface area (Å²) in [6.45, 7) is 0.868. The van der Waals surface area contributed by atoms with Crippen LogP contribution in [0.3, 0.4) is 0 Å². The first kappa shape index (κ1) is 14.0. The minimum absolute atomic E-state index is 0.0185. The van der Waals surface area contributed by atoms with Crippen molar-refractivity contribution in [2.45, 2.75) is 31.8 Å². The lowest BCUT2D eigenvalue weighted by molar-refractivity contribution is -0.120. The van der Waals surface area contributed by atoms with Crippen LogP contribution in [0.25, 0.3) is 0 Å². The monoisotopic (exact) mass is 261 g/mol. The third kappa shape index (κ3) is 3.78. The Hall–Kier alpha value is -1.39. The molecule has 0 saturated heterocycles. The molecule has 0 radical (unpaired) electrons. The van der Waals surface area contributed by atoms with Crippen molar-refractivity contribution < 1.29 is 4.79 Å². The van der Waals surface area contributed by atoms with Crippen molar-refractivity contribution >= 4 is 11.6 Å². The van der Waals surface area contributed by atoms with Crippen molar-refractivity contribution in [2.24, 2.45) is 11.7 Å². The summed E-state index contributed by atoms with van der Waals surface area (Å²) < 4.78 is 0. The van der Waals surface area contributed by atoms with E-state index in [0.717, 1.165) is 31.5 Å². The predicted molar refractivity (Wildman–Crippen MR) is 77.8 cm³/mol. The summed E-state index contributed by atoms with van der Waals surface area (Å²) in [5.74, 6) is 0.0320. The van der Waals surface area contributed by atoms with Gasteiger partial charge in [-0.15, -0.1) is 0 Å². The molecule has 1 fully saturated rings. The van der Waals surface area contributed by atoms with Crippen molar-refractivity contribution in [2.75, 3.05) is 19.4 Å². The summed E-state index contributed by atoms with van der Waals surface area (Å²) in [7, 11) is 4.06. The fourth-order valence-corrected chi connectivity index (χ4v) is 2.66. The van der Waals surface area contributed by atoms with Crippen molar-refractivity contribution in [3.05, 3.63) is 29.8 Å². The van der Waals surface area contributed by atoms with E-state index in [-0.39, 0.29) is 17.9 Å². The molecule has 2 rings (SSSR count). The molecule has 0 heterocycles. The molecule has 0 spiro atoms. The number of carbonyl (C=O) groups excluding carboxylic acids is 1. The summed E-state index contributed by atoms with van der Waals surface area (Å²) >= 11 is 0. The molecular weight excluding hydrogens is 238 g/mol. The molecular formula is C15H23N3O. The molecule has 2 atom stereocenters. The fourth-order valence-electron chi connectivity index (χ4n) is 2.66. The van der Waals surface area contributed by atoms with Crippen LogP contribution < -0.4 is 11.1 Å². The smallest absolute Gasteiger partial charge is 0.229 e. The Morgan fingerprint density at radius 1 is 1.42 bits per heavy atom. The third-order valence-corrected chi connectivity index (χ3v) is 3.60. The second-order valence-electron chi connectivity index (χ2n) is 5.63. The highest BCUT2D eigenvalue weighted by atomic mass is 16.1. The van der Waals surface area contributed by atoms with Crippen LogP contribution in [0.5, 0.6) is 0 Å². The van der Waals surface area contributed by atoms with Gasteiger partial charge in [-0.1, -0.05) is 18.6 Å². The Kier molecular flexibility index (Phi) is 4.56. The Balaban J connectivity index is 2.00. The molecule has 4 nitrogen and oxygen atoms in total. The van der Waals surface area contributed by atoms with Crippen LogP contribution in [0, 0.1) is 5.92 Å². The van der Waals surface area contributed by atoms with Crippen LogP contribution in [0.4, 0.5) is 5.69 Å². The van der Waals surface area contributed by atoms with Gasteiger partial charge in [0.15, 0.2) is 0 Å². The molecule has 1 aliphatic rings. The molecule has 1 amide bonds. The number of rotatable bonds is 4. The number of hydrogen-bond donors (Lipinski definition) is 2. The molecule has 0 bridgehead atoms. The van der Waals surface area contributed by atoms with Gasteiger partial charge < -0.3 is 16.0 Å². The van der Waals surface area contributed by atoms with Crippen LogP contribution in [0.1, 0.15) is 24.8 Å². The van der Waals surface area contributed by atoms with Gasteiger partial charge >= 0.3 is 0 Å². The van der Waals surface area contributed by atoms with Crippen molar-refractivity contribution in [3.63, 3.8) is 0 Å². The van der Waals surface area contributed by atoms with E-state index in [2.05, 4.69) is 16.3 Å². The maximum Gasteiger partial charge on any atom is 0.229 e. The molecule has 2 unspecified atom stereocenters. The van der Waals surface area contributed by atoms with Gasteiger partial charge in [-0.05, 0) is 44.6 Å². The van der Waals surface area contributed by atoms with E-state index in [1.807, 2.05) is 32.3 Å². The standard InChI is InChI=1S/C15H23N3O/c1-18(2)10-11-5-3-6-12(9-11)17-15(19)13-7-4-8-14(13)16/h3,5-6,9,13-14H,4,7-8,10,16H2,1-2H3,(H,17,19). The first-order chi connectivity index (χ1) is 9.06. The maximum absolute atomic E-state index is 12.2. The summed E-state index contributed by atoms with van der Waals surface area (Å²) in [5.41, 5.74) is 8.02. The minimum Gasteiger partial charge on any atom is -0.327 e. The molecule has 4 heteroatoms. The summed E-state index contributed by atoms with van der Waals surface area (Å²) in [6.07, 6.45) is 2.92. The first-order valence-corrected chi connectivity index (χ1v) is 6.86. The molecule has 0 aliphatic heterocycles. The quantitative estimate of drug-likeness (QED) is 0.869. The SMILES string of the molecule is CN(C)Cc1cccc(NC(=O)C2CCCC2N)c1. The third-order valence-electron chi connectivity index (χ3n) is 3.60. The summed E-state index contributed by atoms with van der Waals surface area (Å²) in [6, 6.07) is 8.01. The van der Waals surface area contributed by atoms with Crippen LogP contribution >= 0.6 is 0 Å². The number of nitrogens with one attached hydrogen (secondary N) is 1. The Morgan fingerprint density at radius 3 is 2.84 bits per heavy atom. The molecule has 19 heavy (non-hydrogen) atoms. The number of hydrogen-bond acceptors (Lipinski definition) is 3. The Bertz CT molecular complexity index is 445. The van der Waals surface area contributed by atoms with Gasteiger partial charge in [0, 0.05) is 18.3 Å². The van der Waals surface area contributed by atoms with Crippen LogP contribution in [-0.4, -0.2) is 30.9 Å². The van der Waals surface area contributed by atoms with Crippen molar-refractivity contribution in [1.82, 2.24) is 4.90 Å². The molecule has 1 aliphatic carbocycles. The number of nitrogens with zero attached hydrogens (tertiary/aromatic N) is 1. The number of benzene rings is 1. The number of amides is 1. The second kappa shape index (κ2) is 6.17. The van der Waals surface area contributed by atoms with E-state index in [4.69, 9.17) is 5.73 Å². The van der Waals surface area contributed by atoms with Gasteiger partial charge in [-0.3, -0.25) is 4.79 Å². The number of anilines is 1. The lowest BCUT2D eigenvalue weighted by Gasteiger charge is -2.16. The van der Waals surface area contributed by atoms with E-state index < -0.39 is 0 Å². The molecule has 104 valence electrons. The lowest BCUT2D eigenvalue weighted by atomic mass is 10.0. The van der Waals surface area contributed by atoms with Crippen LogP contribution in [0.15, 0.2) is 24.3 Å². The van der Waals surface area contributed by atoms with Crippen molar-refractivity contribution in [1.29, 1.82) is 0 Å². The maximum atomic E-state index is 12.2. The van der Waals surface area contributed by atoms with E-state index in [1.165, 1.54) is 5.56 Å². The predicted octanol–water partition coefficient (Wildman–Crippen LogP) is 1.81. The van der Waals surface area contributed by atoms with Gasteiger partial charge in [0.2, 0.25) is 5.91 Å². The largest absolute Gasteiger partial charge is 0.327 e. The van der Waals surface area contributed by atoms with Crippen LogP contribution in [0.2, 0.25) is 0 Å². The van der Waals surface area contributed by atoms with E-state index >= 15 is 0 Å². The van der Waals surface area contributed by atoms with E-state index in [9.17, 15) is 4.79 Å². The Labute approximate surface area is 115 Å². The van der Waals surface area contributed by atoms with Crippen LogP contribution in [-0.2, 0) is 11.3 Å². The molecule has 1 saturated carbocycles. The highest BCUT2D eigenvalue weighted by molar-refractivity contribution is 5.93. The van der Waals surface area contributed by atoms with Gasteiger partial charge in [-0.2, -0.15) is 0 Å².